The highest BCUT2D eigenvalue weighted by molar-refractivity contribution is 6.31. The van der Waals surface area contributed by atoms with Crippen molar-refractivity contribution in [3.05, 3.63) is 53.4 Å². The molecule has 0 saturated heterocycles. The van der Waals surface area contributed by atoms with Gasteiger partial charge in [-0.15, -0.1) is 5.10 Å². The second-order valence-electron chi connectivity index (χ2n) is 3.69. The van der Waals surface area contributed by atoms with Gasteiger partial charge in [-0.25, -0.2) is 8.91 Å². The van der Waals surface area contributed by atoms with E-state index in [1.54, 1.807) is 16.8 Å². The predicted molar refractivity (Wildman–Crippen MR) is 67.7 cm³/mol. The molecule has 4 nitrogen and oxygen atoms in total. The smallest absolute Gasteiger partial charge is 0.247 e. The Hall–Kier alpha value is -2.14. The van der Waals surface area contributed by atoms with E-state index in [4.69, 9.17) is 11.6 Å². The van der Waals surface area contributed by atoms with Crippen molar-refractivity contribution in [2.24, 2.45) is 0 Å². The fourth-order valence-corrected chi connectivity index (χ4v) is 1.77. The van der Waals surface area contributed by atoms with E-state index in [1.165, 1.54) is 12.1 Å². The Balaban J connectivity index is 1.93. The van der Waals surface area contributed by atoms with E-state index in [9.17, 15) is 4.39 Å². The molecule has 0 saturated carbocycles. The van der Waals surface area contributed by atoms with E-state index in [2.05, 4.69) is 15.4 Å². The van der Waals surface area contributed by atoms with Crippen molar-refractivity contribution in [2.45, 2.75) is 0 Å². The number of fused-ring (bicyclic) bond motifs is 1. The monoisotopic (exact) mass is 262 g/mol. The molecular weight excluding hydrogens is 255 g/mol. The molecule has 0 amide bonds. The molecule has 0 fully saturated rings. The van der Waals surface area contributed by atoms with Crippen molar-refractivity contribution < 1.29 is 4.39 Å². The molecule has 3 aromatic rings. The summed E-state index contributed by atoms with van der Waals surface area (Å²) in [7, 11) is 0. The van der Waals surface area contributed by atoms with Crippen LogP contribution >= 0.6 is 11.6 Å². The van der Waals surface area contributed by atoms with Gasteiger partial charge in [0.2, 0.25) is 5.95 Å². The molecule has 0 aliphatic heterocycles. The number of anilines is 2. The molecule has 6 heteroatoms. The summed E-state index contributed by atoms with van der Waals surface area (Å²) in [6.07, 6.45) is 1.80. The van der Waals surface area contributed by atoms with Crippen LogP contribution in [0, 0.1) is 5.82 Å². The fraction of sp³-hybridized carbons (Fsp3) is 0. The molecule has 0 spiro atoms. The van der Waals surface area contributed by atoms with Gasteiger partial charge in [0.1, 0.15) is 5.82 Å². The summed E-state index contributed by atoms with van der Waals surface area (Å²) in [5, 5.41) is 7.24. The van der Waals surface area contributed by atoms with Crippen molar-refractivity contribution in [1.29, 1.82) is 0 Å². The molecule has 90 valence electrons. The number of rotatable bonds is 2. The molecule has 0 aliphatic carbocycles. The lowest BCUT2D eigenvalue weighted by atomic mass is 10.3. The Morgan fingerprint density at radius 3 is 2.89 bits per heavy atom. The quantitative estimate of drug-likeness (QED) is 0.771. The minimum Gasteiger partial charge on any atom is -0.323 e. The lowest BCUT2D eigenvalue weighted by molar-refractivity contribution is 0.628. The van der Waals surface area contributed by atoms with Gasteiger partial charge in [0.05, 0.1) is 5.02 Å². The first-order valence-electron chi connectivity index (χ1n) is 5.26. The van der Waals surface area contributed by atoms with Crippen LogP contribution in [-0.2, 0) is 0 Å². The van der Waals surface area contributed by atoms with Crippen molar-refractivity contribution in [3.63, 3.8) is 0 Å². The average Bonchev–Trinajstić information content (AvgIpc) is 2.76. The van der Waals surface area contributed by atoms with E-state index in [1.807, 2.05) is 18.2 Å². The third kappa shape index (κ3) is 2.00. The first-order valence-corrected chi connectivity index (χ1v) is 5.64. The maximum atomic E-state index is 13.0. The van der Waals surface area contributed by atoms with Crippen molar-refractivity contribution in [1.82, 2.24) is 14.6 Å². The molecule has 2 aromatic heterocycles. The van der Waals surface area contributed by atoms with Gasteiger partial charge in [-0.1, -0.05) is 17.7 Å². The number of hydrogen-bond donors (Lipinski definition) is 1. The predicted octanol–water partition coefficient (Wildman–Crippen LogP) is 3.27. The molecule has 1 N–H and O–H groups in total. The normalized spacial score (nSPS) is 10.8. The third-order valence-corrected chi connectivity index (χ3v) is 2.71. The van der Waals surface area contributed by atoms with E-state index >= 15 is 0 Å². The Morgan fingerprint density at radius 1 is 1.22 bits per heavy atom. The number of aromatic nitrogens is 3. The molecule has 0 atom stereocenters. The molecule has 0 unspecified atom stereocenters. The van der Waals surface area contributed by atoms with Crippen LogP contribution in [0.2, 0.25) is 5.02 Å². The second kappa shape index (κ2) is 4.27. The van der Waals surface area contributed by atoms with Crippen LogP contribution in [0.3, 0.4) is 0 Å². The lowest BCUT2D eigenvalue weighted by Crippen LogP contribution is -1.93. The summed E-state index contributed by atoms with van der Waals surface area (Å²) >= 11 is 5.70. The zero-order chi connectivity index (χ0) is 12.5. The lowest BCUT2D eigenvalue weighted by Gasteiger charge is -2.02. The van der Waals surface area contributed by atoms with Crippen molar-refractivity contribution in [3.8, 4) is 0 Å². The largest absolute Gasteiger partial charge is 0.323 e. The maximum Gasteiger partial charge on any atom is 0.247 e. The minimum atomic E-state index is -0.454. The maximum absolute atomic E-state index is 13.0. The Morgan fingerprint density at radius 2 is 2.11 bits per heavy atom. The van der Waals surface area contributed by atoms with Crippen molar-refractivity contribution >= 4 is 28.9 Å². The molecule has 2 heterocycles. The van der Waals surface area contributed by atoms with Gasteiger partial charge in [-0.2, -0.15) is 4.98 Å². The van der Waals surface area contributed by atoms with Gasteiger partial charge >= 0.3 is 0 Å². The zero-order valence-corrected chi connectivity index (χ0v) is 9.89. The van der Waals surface area contributed by atoms with Gasteiger partial charge in [0.25, 0.3) is 0 Å². The molecule has 1 aromatic carbocycles. The molecule has 3 rings (SSSR count). The summed E-state index contributed by atoms with van der Waals surface area (Å²) in [6, 6.07) is 9.94. The topological polar surface area (TPSA) is 42.2 Å². The number of nitrogens with zero attached hydrogens (tertiary/aromatic N) is 3. The summed E-state index contributed by atoms with van der Waals surface area (Å²) < 4.78 is 14.7. The Kier molecular flexibility index (Phi) is 2.60. The fourth-order valence-electron chi connectivity index (χ4n) is 1.59. The highest BCUT2D eigenvalue weighted by atomic mass is 35.5. The summed E-state index contributed by atoms with van der Waals surface area (Å²) in [6.45, 7) is 0. The summed E-state index contributed by atoms with van der Waals surface area (Å²) in [5.74, 6) is -0.0194. The molecular formula is C12H8ClFN4. The molecule has 0 aliphatic rings. The van der Waals surface area contributed by atoms with E-state index < -0.39 is 5.82 Å². The van der Waals surface area contributed by atoms with E-state index in [-0.39, 0.29) is 5.02 Å². The number of pyridine rings is 1. The van der Waals surface area contributed by atoms with Crippen LogP contribution in [0.25, 0.3) is 5.65 Å². The zero-order valence-electron chi connectivity index (χ0n) is 9.14. The summed E-state index contributed by atoms with van der Waals surface area (Å²) in [5.41, 5.74) is 1.37. The number of hydrogen-bond acceptors (Lipinski definition) is 3. The van der Waals surface area contributed by atoms with Crippen LogP contribution in [0.5, 0.6) is 0 Å². The first kappa shape index (κ1) is 11.0. The van der Waals surface area contributed by atoms with E-state index in [0.29, 0.717) is 11.6 Å². The standard InChI is InChI=1S/C12H8ClFN4/c13-9-7-8(4-5-10(9)14)15-12-16-11-3-1-2-6-18(11)17-12/h1-7H,(H,15,17). The number of benzene rings is 1. The highest BCUT2D eigenvalue weighted by Crippen LogP contribution is 2.21. The third-order valence-electron chi connectivity index (χ3n) is 2.42. The first-order chi connectivity index (χ1) is 8.72. The van der Waals surface area contributed by atoms with Gasteiger partial charge in [0.15, 0.2) is 5.65 Å². The Bertz CT molecular complexity index is 677. The SMILES string of the molecule is Fc1ccc(Nc2nc3ccccn3n2)cc1Cl. The number of nitrogens with one attached hydrogen (secondary N) is 1. The summed E-state index contributed by atoms with van der Waals surface area (Å²) in [4.78, 5) is 4.26. The second-order valence-corrected chi connectivity index (χ2v) is 4.10. The van der Waals surface area contributed by atoms with Crippen LogP contribution in [0.1, 0.15) is 0 Å². The number of halogens is 2. The molecule has 0 bridgehead atoms. The highest BCUT2D eigenvalue weighted by Gasteiger charge is 2.05. The van der Waals surface area contributed by atoms with E-state index in [0.717, 1.165) is 5.65 Å². The van der Waals surface area contributed by atoms with Crippen LogP contribution < -0.4 is 5.32 Å². The van der Waals surface area contributed by atoms with Crippen molar-refractivity contribution in [2.75, 3.05) is 5.32 Å². The molecule has 0 radical (unpaired) electrons. The van der Waals surface area contributed by atoms with Crippen LogP contribution in [-0.4, -0.2) is 14.6 Å². The van der Waals surface area contributed by atoms with Gasteiger partial charge in [0, 0.05) is 11.9 Å². The van der Waals surface area contributed by atoms with Crippen LogP contribution in [0.15, 0.2) is 42.6 Å². The molecule has 18 heavy (non-hydrogen) atoms. The van der Waals surface area contributed by atoms with Gasteiger partial charge in [-0.05, 0) is 30.3 Å². The van der Waals surface area contributed by atoms with Gasteiger partial charge < -0.3 is 5.32 Å². The Labute approximate surface area is 107 Å². The minimum absolute atomic E-state index is 0.0590. The van der Waals surface area contributed by atoms with Gasteiger partial charge in [-0.3, -0.25) is 0 Å². The van der Waals surface area contributed by atoms with Crippen LogP contribution in [0.4, 0.5) is 16.0 Å². The average molecular weight is 263 g/mol.